The van der Waals surface area contributed by atoms with Gasteiger partial charge in [-0.1, -0.05) is 22.9 Å². The maximum atomic E-state index is 13.2. The standard InChI is InChI=1S/C19H17ClFN7OS/c1-10-3-6-15(11(2)25-10)23-8-16(26-22)18(29)24-9-17-27-28-19(30-17)13-5-4-12(21)7-14(13)20/h3-8H,9,22H2,1-2H3,(H,24,29)/b23-8?,26-16+. The van der Waals surface area contributed by atoms with Crippen molar-refractivity contribution < 1.29 is 9.18 Å². The Morgan fingerprint density at radius 3 is 2.80 bits per heavy atom. The number of rotatable bonds is 6. The number of nitrogens with two attached hydrogens (primary N) is 1. The fourth-order valence-corrected chi connectivity index (χ4v) is 3.57. The summed E-state index contributed by atoms with van der Waals surface area (Å²) in [6, 6.07) is 7.63. The Morgan fingerprint density at radius 2 is 2.10 bits per heavy atom. The molecule has 3 N–H and O–H groups in total. The molecular formula is C19H17ClFN7OS. The summed E-state index contributed by atoms with van der Waals surface area (Å²) in [6.45, 7) is 3.80. The first kappa shape index (κ1) is 21.5. The van der Waals surface area contributed by atoms with E-state index in [1.807, 2.05) is 19.9 Å². The van der Waals surface area contributed by atoms with Crippen LogP contribution in [0.2, 0.25) is 5.02 Å². The van der Waals surface area contributed by atoms with Crippen LogP contribution >= 0.6 is 22.9 Å². The fraction of sp³-hybridized carbons (Fsp3) is 0.158. The fourth-order valence-electron chi connectivity index (χ4n) is 2.44. The van der Waals surface area contributed by atoms with E-state index >= 15 is 0 Å². The minimum absolute atomic E-state index is 0.0544. The second-order valence-electron chi connectivity index (χ2n) is 6.14. The summed E-state index contributed by atoms with van der Waals surface area (Å²) < 4.78 is 13.2. The number of aromatic nitrogens is 3. The molecule has 0 aliphatic carbocycles. The monoisotopic (exact) mass is 445 g/mol. The van der Waals surface area contributed by atoms with Crippen LogP contribution in [0.4, 0.5) is 10.1 Å². The van der Waals surface area contributed by atoms with Crippen LogP contribution in [-0.2, 0) is 11.3 Å². The van der Waals surface area contributed by atoms with E-state index in [1.54, 1.807) is 6.07 Å². The van der Waals surface area contributed by atoms with Gasteiger partial charge in [-0.25, -0.2) is 4.39 Å². The van der Waals surface area contributed by atoms with Gasteiger partial charge in [-0.2, -0.15) is 5.10 Å². The van der Waals surface area contributed by atoms with Gasteiger partial charge in [0.15, 0.2) is 5.71 Å². The summed E-state index contributed by atoms with van der Waals surface area (Å²) in [4.78, 5) is 20.9. The topological polar surface area (TPSA) is 119 Å². The second kappa shape index (κ2) is 9.51. The number of halogens is 2. The molecule has 0 aliphatic heterocycles. The van der Waals surface area contributed by atoms with Gasteiger partial charge in [-0.05, 0) is 44.2 Å². The van der Waals surface area contributed by atoms with E-state index in [2.05, 4.69) is 30.6 Å². The zero-order valence-electron chi connectivity index (χ0n) is 16.1. The SMILES string of the molecule is Cc1ccc(N=C/C(=N\N)C(=O)NCc2nnc(-c3ccc(F)cc3Cl)s2)c(C)n1. The van der Waals surface area contributed by atoms with Crippen LogP contribution in [0, 0.1) is 19.7 Å². The molecule has 11 heteroatoms. The van der Waals surface area contributed by atoms with Crippen molar-refractivity contribution in [3.8, 4) is 10.6 Å². The van der Waals surface area contributed by atoms with E-state index in [9.17, 15) is 9.18 Å². The third-order valence-electron chi connectivity index (χ3n) is 3.92. The van der Waals surface area contributed by atoms with E-state index in [4.69, 9.17) is 17.4 Å². The minimum Gasteiger partial charge on any atom is -0.344 e. The van der Waals surface area contributed by atoms with Gasteiger partial charge in [-0.3, -0.25) is 14.8 Å². The third kappa shape index (κ3) is 5.22. The Hall–Kier alpha value is -3.24. The minimum atomic E-state index is -0.518. The number of hydrogen-bond donors (Lipinski definition) is 2. The summed E-state index contributed by atoms with van der Waals surface area (Å²) in [6.07, 6.45) is 1.28. The quantitative estimate of drug-likeness (QED) is 0.342. The molecule has 0 unspecified atom stereocenters. The number of aryl methyl sites for hydroxylation is 2. The van der Waals surface area contributed by atoms with Crippen molar-refractivity contribution in [3.63, 3.8) is 0 Å². The zero-order chi connectivity index (χ0) is 21.7. The summed E-state index contributed by atoms with van der Waals surface area (Å²) >= 11 is 7.27. The highest BCUT2D eigenvalue weighted by atomic mass is 35.5. The molecule has 8 nitrogen and oxygen atoms in total. The molecule has 0 fully saturated rings. The molecule has 0 radical (unpaired) electrons. The molecule has 0 bridgehead atoms. The predicted molar refractivity (Wildman–Crippen MR) is 116 cm³/mol. The molecule has 0 aliphatic rings. The number of hydrazone groups is 1. The highest BCUT2D eigenvalue weighted by Gasteiger charge is 2.14. The Bertz CT molecular complexity index is 1150. The molecule has 1 amide bonds. The molecule has 0 saturated carbocycles. The molecule has 1 aromatic carbocycles. The number of benzene rings is 1. The third-order valence-corrected chi connectivity index (χ3v) is 5.19. The molecule has 154 valence electrons. The number of amides is 1. The lowest BCUT2D eigenvalue weighted by Gasteiger charge is -2.03. The molecule has 2 aromatic heterocycles. The number of nitrogens with zero attached hydrogens (tertiary/aromatic N) is 5. The highest BCUT2D eigenvalue weighted by molar-refractivity contribution is 7.14. The van der Waals surface area contributed by atoms with Gasteiger partial charge < -0.3 is 11.2 Å². The van der Waals surface area contributed by atoms with Gasteiger partial charge >= 0.3 is 0 Å². The second-order valence-corrected chi connectivity index (χ2v) is 7.61. The first-order valence-corrected chi connectivity index (χ1v) is 9.89. The van der Waals surface area contributed by atoms with E-state index in [0.29, 0.717) is 21.3 Å². The van der Waals surface area contributed by atoms with Crippen LogP contribution < -0.4 is 11.2 Å². The molecular weight excluding hydrogens is 429 g/mol. The largest absolute Gasteiger partial charge is 0.344 e. The zero-order valence-corrected chi connectivity index (χ0v) is 17.6. The van der Waals surface area contributed by atoms with Gasteiger partial charge in [0.25, 0.3) is 5.91 Å². The first-order chi connectivity index (χ1) is 14.4. The van der Waals surface area contributed by atoms with Gasteiger partial charge in [-0.15, -0.1) is 10.2 Å². The molecule has 3 aromatic rings. The molecule has 0 atom stereocenters. The number of pyridine rings is 1. The van der Waals surface area contributed by atoms with Gasteiger partial charge in [0.2, 0.25) is 0 Å². The predicted octanol–water partition coefficient (Wildman–Crippen LogP) is 3.34. The van der Waals surface area contributed by atoms with Crippen molar-refractivity contribution in [2.75, 3.05) is 0 Å². The van der Waals surface area contributed by atoms with Crippen molar-refractivity contribution in [1.29, 1.82) is 0 Å². The number of nitrogens with one attached hydrogen (secondary N) is 1. The Kier molecular flexibility index (Phi) is 6.80. The molecule has 2 heterocycles. The summed E-state index contributed by atoms with van der Waals surface area (Å²) in [5.41, 5.74) is 2.71. The molecule has 30 heavy (non-hydrogen) atoms. The first-order valence-electron chi connectivity index (χ1n) is 8.69. The number of carbonyl (C=O) groups is 1. The Labute approximate surface area is 180 Å². The smallest absolute Gasteiger partial charge is 0.273 e. The maximum Gasteiger partial charge on any atom is 0.273 e. The number of hydrogen-bond acceptors (Lipinski definition) is 8. The van der Waals surface area contributed by atoms with Crippen LogP contribution in [-0.4, -0.2) is 33.0 Å². The Morgan fingerprint density at radius 1 is 1.30 bits per heavy atom. The number of carbonyl (C=O) groups excluding carboxylic acids is 1. The number of aliphatic imine (C=N–C) groups is 1. The lowest BCUT2D eigenvalue weighted by atomic mass is 10.2. The lowest BCUT2D eigenvalue weighted by Crippen LogP contribution is -2.32. The van der Waals surface area contributed by atoms with Crippen molar-refractivity contribution in [2.45, 2.75) is 20.4 Å². The van der Waals surface area contributed by atoms with E-state index in [0.717, 1.165) is 11.4 Å². The van der Waals surface area contributed by atoms with Gasteiger partial charge in [0, 0.05) is 11.3 Å². The van der Waals surface area contributed by atoms with Crippen molar-refractivity contribution in [1.82, 2.24) is 20.5 Å². The van der Waals surface area contributed by atoms with Crippen molar-refractivity contribution >= 4 is 46.5 Å². The van der Waals surface area contributed by atoms with Crippen LogP contribution in [0.3, 0.4) is 0 Å². The average Bonchev–Trinajstić information content (AvgIpc) is 3.17. The average molecular weight is 446 g/mol. The van der Waals surface area contributed by atoms with E-state index < -0.39 is 11.7 Å². The van der Waals surface area contributed by atoms with E-state index in [1.165, 1.54) is 35.8 Å². The van der Waals surface area contributed by atoms with Gasteiger partial charge in [0.1, 0.15) is 15.8 Å². The lowest BCUT2D eigenvalue weighted by molar-refractivity contribution is -0.114. The van der Waals surface area contributed by atoms with Crippen LogP contribution in [0.5, 0.6) is 0 Å². The van der Waals surface area contributed by atoms with Crippen molar-refractivity contribution in [2.24, 2.45) is 15.9 Å². The maximum absolute atomic E-state index is 13.2. The summed E-state index contributed by atoms with van der Waals surface area (Å²) in [7, 11) is 0. The molecule has 0 spiro atoms. The van der Waals surface area contributed by atoms with Crippen LogP contribution in [0.15, 0.2) is 40.4 Å². The van der Waals surface area contributed by atoms with Crippen molar-refractivity contribution in [3.05, 3.63) is 57.6 Å². The van der Waals surface area contributed by atoms with Crippen LogP contribution in [0.25, 0.3) is 10.6 Å². The Balaban J connectivity index is 1.64. The van der Waals surface area contributed by atoms with Gasteiger partial charge in [0.05, 0.1) is 29.2 Å². The molecule has 0 saturated heterocycles. The molecule has 3 rings (SSSR count). The summed E-state index contributed by atoms with van der Waals surface area (Å²) in [5, 5.41) is 15.5. The highest BCUT2D eigenvalue weighted by Crippen LogP contribution is 2.30. The van der Waals surface area contributed by atoms with E-state index in [-0.39, 0.29) is 17.3 Å². The van der Waals surface area contributed by atoms with Crippen LogP contribution in [0.1, 0.15) is 16.4 Å². The summed E-state index contributed by atoms with van der Waals surface area (Å²) in [5.74, 6) is 4.37. The normalized spacial score (nSPS) is 11.8.